The fourth-order valence-corrected chi connectivity index (χ4v) is 1.52. The highest BCUT2D eigenvalue weighted by atomic mass is 32.1. The number of amides is 1. The molecule has 0 spiro atoms. The van der Waals surface area contributed by atoms with Crippen LogP contribution in [0.3, 0.4) is 0 Å². The van der Waals surface area contributed by atoms with Crippen LogP contribution in [0.5, 0.6) is 5.75 Å². The van der Waals surface area contributed by atoms with Crippen molar-refractivity contribution in [3.05, 3.63) is 29.8 Å². The quantitative estimate of drug-likeness (QED) is 0.583. The lowest BCUT2D eigenvalue weighted by atomic mass is 10.0. The molecule has 0 saturated carbocycles. The predicted octanol–water partition coefficient (Wildman–Crippen LogP) is 1.70. The molecule has 1 amide bonds. The highest BCUT2D eigenvalue weighted by Gasteiger charge is 2.14. The summed E-state index contributed by atoms with van der Waals surface area (Å²) in [7, 11) is 1.66. The third kappa shape index (κ3) is 5.05. The lowest BCUT2D eigenvalue weighted by Gasteiger charge is -2.16. The van der Waals surface area contributed by atoms with Crippen molar-refractivity contribution in [2.45, 2.75) is 32.8 Å². The maximum Gasteiger partial charge on any atom is 0.279 e. The third-order valence-electron chi connectivity index (χ3n) is 2.76. The van der Waals surface area contributed by atoms with Gasteiger partial charge in [0, 0.05) is 7.05 Å². The molecule has 0 heterocycles. The molecule has 3 N–H and O–H groups in total. The van der Waals surface area contributed by atoms with E-state index < -0.39 is 6.10 Å². The Kier molecular flexibility index (Phi) is 6.24. The van der Waals surface area contributed by atoms with Crippen molar-refractivity contribution in [1.82, 2.24) is 16.2 Å². The number of rotatable bonds is 4. The molecule has 1 atom stereocenters. The topological polar surface area (TPSA) is 62.4 Å². The van der Waals surface area contributed by atoms with Crippen LogP contribution in [0.1, 0.15) is 32.3 Å². The highest BCUT2D eigenvalue weighted by molar-refractivity contribution is 7.80. The van der Waals surface area contributed by atoms with Crippen LogP contribution < -0.4 is 20.9 Å². The molecule has 5 nitrogen and oxygen atoms in total. The molecule has 0 aliphatic carbocycles. The largest absolute Gasteiger partial charge is 0.481 e. The first kappa shape index (κ1) is 16.2. The van der Waals surface area contributed by atoms with Gasteiger partial charge in [0.1, 0.15) is 5.75 Å². The summed E-state index contributed by atoms with van der Waals surface area (Å²) in [6.45, 7) is 5.93. The maximum absolute atomic E-state index is 11.8. The number of thiocarbonyl (C=S) groups is 1. The van der Waals surface area contributed by atoms with Gasteiger partial charge < -0.3 is 10.1 Å². The average molecular weight is 295 g/mol. The van der Waals surface area contributed by atoms with Crippen LogP contribution in [-0.2, 0) is 4.79 Å². The number of nitrogens with one attached hydrogen (secondary N) is 3. The summed E-state index contributed by atoms with van der Waals surface area (Å²) in [5.41, 5.74) is 6.26. The molecule has 20 heavy (non-hydrogen) atoms. The summed E-state index contributed by atoms with van der Waals surface area (Å²) in [6.07, 6.45) is -0.618. The number of carbonyl (C=O) groups excluding carboxylic acids is 1. The predicted molar refractivity (Wildman–Crippen MR) is 83.6 cm³/mol. The van der Waals surface area contributed by atoms with E-state index in [2.05, 4.69) is 30.0 Å². The number of benzene rings is 1. The van der Waals surface area contributed by atoms with Gasteiger partial charge >= 0.3 is 0 Å². The number of hydrogen-bond donors (Lipinski definition) is 3. The molecule has 1 rings (SSSR count). The van der Waals surface area contributed by atoms with Crippen LogP contribution in [0.15, 0.2) is 24.3 Å². The van der Waals surface area contributed by atoms with E-state index in [0.29, 0.717) is 16.8 Å². The number of hydrogen-bond acceptors (Lipinski definition) is 3. The van der Waals surface area contributed by atoms with E-state index in [1.807, 2.05) is 24.3 Å². The Morgan fingerprint density at radius 1 is 1.15 bits per heavy atom. The minimum Gasteiger partial charge on any atom is -0.481 e. The van der Waals surface area contributed by atoms with E-state index in [1.165, 1.54) is 5.56 Å². The van der Waals surface area contributed by atoms with Gasteiger partial charge in [0.05, 0.1) is 0 Å². The van der Waals surface area contributed by atoms with Crippen molar-refractivity contribution < 1.29 is 9.53 Å². The summed E-state index contributed by atoms with van der Waals surface area (Å²) >= 11 is 4.85. The van der Waals surface area contributed by atoms with Crippen LogP contribution >= 0.6 is 12.2 Å². The smallest absolute Gasteiger partial charge is 0.279 e. The summed E-state index contributed by atoms with van der Waals surface area (Å²) in [4.78, 5) is 11.8. The summed E-state index contributed by atoms with van der Waals surface area (Å²) < 4.78 is 5.56. The Labute approximate surface area is 125 Å². The molecule has 1 aromatic rings. The fourth-order valence-electron chi connectivity index (χ4n) is 1.47. The minimum absolute atomic E-state index is 0.296. The Morgan fingerprint density at radius 3 is 2.25 bits per heavy atom. The van der Waals surface area contributed by atoms with E-state index in [0.717, 1.165) is 0 Å². The average Bonchev–Trinajstić information content (AvgIpc) is 2.44. The third-order valence-corrected chi connectivity index (χ3v) is 3.06. The second kappa shape index (κ2) is 7.69. The Bertz CT molecular complexity index is 460. The Hall–Kier alpha value is -1.82. The molecular formula is C14H21N3O2S. The highest BCUT2D eigenvalue weighted by Crippen LogP contribution is 2.19. The number of hydrazine groups is 1. The standard InChI is InChI=1S/C14H21N3O2S/c1-9(2)11-5-7-12(8-6-11)19-10(3)13(18)16-17-14(20)15-4/h5-10H,1-4H3,(H,16,18)(H2,15,17,20)/t10-/m1/s1. The lowest BCUT2D eigenvalue weighted by Crippen LogP contribution is -2.49. The molecule has 110 valence electrons. The molecule has 0 radical (unpaired) electrons. The van der Waals surface area contributed by atoms with E-state index >= 15 is 0 Å². The zero-order chi connectivity index (χ0) is 15.1. The van der Waals surface area contributed by atoms with Crippen LogP contribution in [-0.4, -0.2) is 24.2 Å². The van der Waals surface area contributed by atoms with Crippen LogP contribution in [0.2, 0.25) is 0 Å². The van der Waals surface area contributed by atoms with Gasteiger partial charge in [-0.05, 0) is 42.8 Å². The molecule has 0 saturated heterocycles. The van der Waals surface area contributed by atoms with Gasteiger partial charge in [-0.1, -0.05) is 26.0 Å². The molecule has 0 aromatic heterocycles. The van der Waals surface area contributed by atoms with Gasteiger partial charge in [-0.15, -0.1) is 0 Å². The van der Waals surface area contributed by atoms with Crippen molar-refractivity contribution in [2.75, 3.05) is 7.05 Å². The Morgan fingerprint density at radius 2 is 1.75 bits per heavy atom. The summed E-state index contributed by atoms with van der Waals surface area (Å²) in [6, 6.07) is 7.73. The van der Waals surface area contributed by atoms with Crippen LogP contribution in [0, 0.1) is 0 Å². The second-order valence-electron chi connectivity index (χ2n) is 4.68. The van der Waals surface area contributed by atoms with Crippen molar-refractivity contribution in [1.29, 1.82) is 0 Å². The molecule has 0 unspecified atom stereocenters. The van der Waals surface area contributed by atoms with Crippen LogP contribution in [0.25, 0.3) is 0 Å². The van der Waals surface area contributed by atoms with Gasteiger partial charge in [-0.25, -0.2) is 0 Å². The van der Waals surface area contributed by atoms with Gasteiger partial charge in [0.25, 0.3) is 5.91 Å². The molecular weight excluding hydrogens is 274 g/mol. The first-order valence-corrected chi connectivity index (χ1v) is 6.89. The molecule has 6 heteroatoms. The first-order chi connectivity index (χ1) is 9.43. The summed E-state index contributed by atoms with van der Waals surface area (Å²) in [5, 5.41) is 3.03. The lowest BCUT2D eigenvalue weighted by molar-refractivity contribution is -0.127. The fraction of sp³-hybridized carbons (Fsp3) is 0.429. The molecule has 0 bridgehead atoms. The number of ether oxygens (including phenoxy) is 1. The molecule has 0 aliphatic heterocycles. The number of carbonyl (C=O) groups is 1. The van der Waals surface area contributed by atoms with E-state index in [-0.39, 0.29) is 5.91 Å². The second-order valence-corrected chi connectivity index (χ2v) is 5.09. The van der Waals surface area contributed by atoms with Gasteiger partial charge in [0.15, 0.2) is 11.2 Å². The Balaban J connectivity index is 2.50. The van der Waals surface area contributed by atoms with Crippen molar-refractivity contribution >= 4 is 23.2 Å². The van der Waals surface area contributed by atoms with Crippen molar-refractivity contribution in [2.24, 2.45) is 0 Å². The minimum atomic E-state index is -0.618. The van der Waals surface area contributed by atoms with Gasteiger partial charge in [0.2, 0.25) is 0 Å². The zero-order valence-corrected chi connectivity index (χ0v) is 13.0. The zero-order valence-electron chi connectivity index (χ0n) is 12.2. The van der Waals surface area contributed by atoms with Gasteiger partial charge in [-0.2, -0.15) is 0 Å². The van der Waals surface area contributed by atoms with Crippen molar-refractivity contribution in [3.8, 4) is 5.75 Å². The molecule has 0 aliphatic rings. The molecule has 0 fully saturated rings. The van der Waals surface area contributed by atoms with Crippen molar-refractivity contribution in [3.63, 3.8) is 0 Å². The maximum atomic E-state index is 11.8. The van der Waals surface area contributed by atoms with Gasteiger partial charge in [-0.3, -0.25) is 15.6 Å². The first-order valence-electron chi connectivity index (χ1n) is 6.48. The molecule has 1 aromatic carbocycles. The SMILES string of the molecule is CNC(=S)NNC(=O)[C@@H](C)Oc1ccc(C(C)C)cc1. The van der Waals surface area contributed by atoms with Crippen LogP contribution in [0.4, 0.5) is 0 Å². The van der Waals surface area contributed by atoms with E-state index in [4.69, 9.17) is 17.0 Å². The van der Waals surface area contributed by atoms with E-state index in [9.17, 15) is 4.79 Å². The van der Waals surface area contributed by atoms with E-state index in [1.54, 1.807) is 14.0 Å². The normalized spacial score (nSPS) is 11.7. The monoisotopic (exact) mass is 295 g/mol. The summed E-state index contributed by atoms with van der Waals surface area (Å²) in [5.74, 6) is 0.834.